The molecular formula is C14H24S6. The third kappa shape index (κ3) is 4.56. The summed E-state index contributed by atoms with van der Waals surface area (Å²) in [6.07, 6.45) is 2.66. The Morgan fingerprint density at radius 3 is 1.60 bits per heavy atom. The molecule has 116 valence electrons. The van der Waals surface area contributed by atoms with Crippen molar-refractivity contribution in [2.45, 2.75) is 56.9 Å². The van der Waals surface area contributed by atoms with Crippen LogP contribution >= 0.6 is 70.6 Å². The lowest BCUT2D eigenvalue weighted by atomic mass is 10.3. The summed E-state index contributed by atoms with van der Waals surface area (Å²) in [7, 11) is 0. The third-order valence-corrected chi connectivity index (χ3v) is 13.9. The quantitative estimate of drug-likeness (QED) is 0.512. The second-order valence-electron chi connectivity index (χ2n) is 5.42. The summed E-state index contributed by atoms with van der Waals surface area (Å²) in [4.78, 5) is 0. The van der Waals surface area contributed by atoms with Crippen LogP contribution in [0, 0.1) is 0 Å². The van der Waals surface area contributed by atoms with Crippen molar-refractivity contribution < 1.29 is 0 Å². The summed E-state index contributed by atoms with van der Waals surface area (Å²) >= 11 is 13.5. The van der Waals surface area contributed by atoms with Crippen molar-refractivity contribution >= 4 is 70.6 Å². The number of hydrogen-bond acceptors (Lipinski definition) is 6. The van der Waals surface area contributed by atoms with Crippen LogP contribution in [0.1, 0.15) is 26.7 Å². The Morgan fingerprint density at radius 2 is 1.25 bits per heavy atom. The first-order valence-electron chi connectivity index (χ1n) is 7.60. The van der Waals surface area contributed by atoms with Crippen molar-refractivity contribution in [3.8, 4) is 0 Å². The summed E-state index contributed by atoms with van der Waals surface area (Å²) in [6, 6.07) is 0. The molecule has 0 aliphatic carbocycles. The zero-order valence-electron chi connectivity index (χ0n) is 12.2. The fourth-order valence-corrected chi connectivity index (χ4v) is 12.6. The van der Waals surface area contributed by atoms with Crippen LogP contribution in [-0.4, -0.2) is 53.2 Å². The maximum Gasteiger partial charge on any atom is 0.0636 e. The summed E-state index contributed by atoms with van der Waals surface area (Å²) in [5.74, 6) is 5.55. The molecule has 0 N–H and O–H groups in total. The standard InChI is InChI=1S/C14H24S6/c1-3-5-15-13-11(19-13)9-7-18-10(8-17-9)12-14(20-12)16-6-4-2/h9-14H,3-8H2,1-2H3. The van der Waals surface area contributed by atoms with E-state index in [4.69, 9.17) is 0 Å². The predicted molar refractivity (Wildman–Crippen MR) is 108 cm³/mol. The Morgan fingerprint density at radius 1 is 0.800 bits per heavy atom. The molecule has 0 bridgehead atoms. The Labute approximate surface area is 149 Å². The SMILES string of the molecule is CCCSC1SC1C1CSC(C2SC2SCCC)CS1. The van der Waals surface area contributed by atoms with Crippen LogP contribution in [0.5, 0.6) is 0 Å². The summed E-state index contributed by atoms with van der Waals surface area (Å²) in [6.45, 7) is 4.59. The normalized spacial score (nSPS) is 43.5. The topological polar surface area (TPSA) is 0 Å². The van der Waals surface area contributed by atoms with Crippen LogP contribution in [0.15, 0.2) is 0 Å². The zero-order valence-corrected chi connectivity index (χ0v) is 17.1. The molecule has 3 aliphatic rings. The van der Waals surface area contributed by atoms with E-state index in [-0.39, 0.29) is 0 Å². The highest BCUT2D eigenvalue weighted by atomic mass is 32.2. The van der Waals surface area contributed by atoms with Crippen LogP contribution < -0.4 is 0 Å². The lowest BCUT2D eigenvalue weighted by Crippen LogP contribution is -2.29. The summed E-state index contributed by atoms with van der Waals surface area (Å²) in [5, 5.41) is 3.84. The fourth-order valence-electron chi connectivity index (χ4n) is 2.39. The van der Waals surface area contributed by atoms with Gasteiger partial charge in [0.1, 0.15) is 0 Å². The van der Waals surface area contributed by atoms with Gasteiger partial charge in [-0.05, 0) is 24.3 Å². The molecule has 0 aromatic carbocycles. The minimum Gasteiger partial charge on any atom is -0.155 e. The van der Waals surface area contributed by atoms with E-state index >= 15 is 0 Å². The van der Waals surface area contributed by atoms with Crippen LogP contribution in [-0.2, 0) is 0 Å². The van der Waals surface area contributed by atoms with Gasteiger partial charge in [-0.25, -0.2) is 0 Å². The van der Waals surface area contributed by atoms with Gasteiger partial charge in [-0.15, -0.1) is 47.0 Å². The Kier molecular flexibility index (Phi) is 7.01. The molecule has 3 rings (SSSR count). The highest BCUT2D eigenvalue weighted by Gasteiger charge is 2.50. The van der Waals surface area contributed by atoms with Crippen molar-refractivity contribution in [3.05, 3.63) is 0 Å². The first kappa shape index (κ1) is 16.9. The van der Waals surface area contributed by atoms with Gasteiger partial charge in [-0.1, -0.05) is 13.8 Å². The van der Waals surface area contributed by atoms with E-state index in [0.717, 1.165) is 30.2 Å². The molecule has 3 aliphatic heterocycles. The lowest BCUT2D eigenvalue weighted by Gasteiger charge is -2.27. The maximum atomic E-state index is 2.30. The Balaban J connectivity index is 1.32. The van der Waals surface area contributed by atoms with E-state index in [1.54, 1.807) is 0 Å². The Hall–Kier alpha value is 2.10. The molecule has 3 saturated heterocycles. The van der Waals surface area contributed by atoms with Crippen molar-refractivity contribution in [2.24, 2.45) is 0 Å². The molecule has 6 unspecified atom stereocenters. The van der Waals surface area contributed by atoms with Gasteiger partial charge < -0.3 is 0 Å². The Bertz CT molecular complexity index is 274. The molecule has 20 heavy (non-hydrogen) atoms. The molecule has 0 spiro atoms. The van der Waals surface area contributed by atoms with Crippen molar-refractivity contribution in [1.29, 1.82) is 0 Å². The van der Waals surface area contributed by atoms with E-state index in [9.17, 15) is 0 Å². The zero-order chi connectivity index (χ0) is 13.9. The molecule has 0 saturated carbocycles. The number of hydrogen-bond donors (Lipinski definition) is 0. The van der Waals surface area contributed by atoms with E-state index in [0.29, 0.717) is 0 Å². The minimum absolute atomic E-state index is 0.938. The van der Waals surface area contributed by atoms with Gasteiger partial charge in [0, 0.05) is 32.5 Å². The van der Waals surface area contributed by atoms with E-state index in [2.05, 4.69) is 84.4 Å². The summed E-state index contributed by atoms with van der Waals surface area (Å²) in [5.41, 5.74) is 0. The van der Waals surface area contributed by atoms with Crippen molar-refractivity contribution in [3.63, 3.8) is 0 Å². The number of rotatable bonds is 8. The van der Waals surface area contributed by atoms with Crippen molar-refractivity contribution in [2.75, 3.05) is 23.0 Å². The second-order valence-corrected chi connectivity index (χ2v) is 13.7. The molecule has 0 aromatic rings. The van der Waals surface area contributed by atoms with Crippen LogP contribution in [0.2, 0.25) is 0 Å². The second kappa shape index (κ2) is 8.27. The average Bonchev–Trinajstić information content (AvgIpc) is 3.37. The monoisotopic (exact) mass is 384 g/mol. The molecule has 0 nitrogen and oxygen atoms in total. The van der Waals surface area contributed by atoms with Gasteiger partial charge in [0.05, 0.1) is 9.16 Å². The molecule has 6 atom stereocenters. The van der Waals surface area contributed by atoms with E-state index < -0.39 is 0 Å². The molecule has 6 heteroatoms. The highest BCUT2D eigenvalue weighted by molar-refractivity contribution is 8.25. The van der Waals surface area contributed by atoms with Crippen molar-refractivity contribution in [1.82, 2.24) is 0 Å². The molecule has 0 radical (unpaired) electrons. The fraction of sp³-hybridized carbons (Fsp3) is 1.00. The van der Waals surface area contributed by atoms with Crippen LogP contribution in [0.25, 0.3) is 0 Å². The molecule has 3 fully saturated rings. The largest absolute Gasteiger partial charge is 0.155 e. The number of thioether (sulfide) groups is 6. The summed E-state index contributed by atoms with van der Waals surface area (Å²) < 4.78 is 1.88. The first-order chi connectivity index (χ1) is 9.83. The molecule has 0 aromatic heterocycles. The van der Waals surface area contributed by atoms with Gasteiger partial charge in [0.25, 0.3) is 0 Å². The predicted octanol–water partition coefficient (Wildman–Crippen LogP) is 5.37. The maximum absolute atomic E-state index is 2.30. The van der Waals surface area contributed by atoms with Gasteiger partial charge in [0.2, 0.25) is 0 Å². The molecule has 3 heterocycles. The van der Waals surface area contributed by atoms with Crippen LogP contribution in [0.3, 0.4) is 0 Å². The minimum atomic E-state index is 0.938. The third-order valence-electron chi connectivity index (χ3n) is 3.62. The average molecular weight is 385 g/mol. The van der Waals surface area contributed by atoms with Gasteiger partial charge in [-0.3, -0.25) is 0 Å². The van der Waals surface area contributed by atoms with Gasteiger partial charge in [0.15, 0.2) is 0 Å². The molecular weight excluding hydrogens is 361 g/mol. The van der Waals surface area contributed by atoms with Gasteiger partial charge in [-0.2, -0.15) is 23.5 Å². The van der Waals surface area contributed by atoms with E-state index in [1.807, 2.05) is 0 Å². The lowest BCUT2D eigenvalue weighted by molar-refractivity contribution is 0.929. The van der Waals surface area contributed by atoms with Crippen LogP contribution in [0.4, 0.5) is 0 Å². The van der Waals surface area contributed by atoms with E-state index in [1.165, 1.54) is 35.9 Å². The first-order valence-corrected chi connectivity index (χ1v) is 13.7. The highest BCUT2D eigenvalue weighted by Crippen LogP contribution is 2.59. The van der Waals surface area contributed by atoms with Gasteiger partial charge >= 0.3 is 0 Å². The molecule has 0 amide bonds. The smallest absolute Gasteiger partial charge is 0.0636 e.